The number of nitrogens with zero attached hydrogens (tertiary/aromatic N) is 2. The van der Waals surface area contributed by atoms with E-state index in [4.69, 9.17) is 0 Å². The number of hydrogen-bond donors (Lipinski definition) is 2. The monoisotopic (exact) mass is 288 g/mol. The summed E-state index contributed by atoms with van der Waals surface area (Å²) in [4.78, 5) is 11.9. The SMILES string of the molecule is CCNc1nnc(C(=O)NC2CCS(=O)CC2)s1. The van der Waals surface area contributed by atoms with Crippen LogP contribution in [0.1, 0.15) is 29.6 Å². The highest BCUT2D eigenvalue weighted by Crippen LogP contribution is 2.16. The van der Waals surface area contributed by atoms with Gasteiger partial charge in [-0.05, 0) is 19.8 Å². The van der Waals surface area contributed by atoms with Crippen molar-refractivity contribution in [1.29, 1.82) is 0 Å². The van der Waals surface area contributed by atoms with Gasteiger partial charge < -0.3 is 10.6 Å². The average molecular weight is 288 g/mol. The summed E-state index contributed by atoms with van der Waals surface area (Å²) >= 11 is 1.25. The van der Waals surface area contributed by atoms with E-state index in [1.54, 1.807) is 0 Å². The van der Waals surface area contributed by atoms with Crippen LogP contribution in [-0.2, 0) is 10.8 Å². The molecule has 0 radical (unpaired) electrons. The van der Waals surface area contributed by atoms with E-state index < -0.39 is 10.8 Å². The highest BCUT2D eigenvalue weighted by molar-refractivity contribution is 7.85. The van der Waals surface area contributed by atoms with Crippen molar-refractivity contribution in [2.24, 2.45) is 0 Å². The van der Waals surface area contributed by atoms with Gasteiger partial charge in [-0.3, -0.25) is 9.00 Å². The molecule has 0 unspecified atom stereocenters. The van der Waals surface area contributed by atoms with Gasteiger partial charge in [0, 0.05) is 34.9 Å². The molecule has 2 heterocycles. The topological polar surface area (TPSA) is 84.0 Å². The van der Waals surface area contributed by atoms with Crippen LogP contribution in [0.4, 0.5) is 5.13 Å². The Bertz CT molecular complexity index is 439. The van der Waals surface area contributed by atoms with Crippen molar-refractivity contribution < 1.29 is 9.00 Å². The minimum Gasteiger partial charge on any atom is -0.360 e. The van der Waals surface area contributed by atoms with E-state index in [1.807, 2.05) is 6.92 Å². The first-order chi connectivity index (χ1) is 8.69. The van der Waals surface area contributed by atoms with Gasteiger partial charge in [0.2, 0.25) is 10.1 Å². The quantitative estimate of drug-likeness (QED) is 0.848. The standard InChI is InChI=1S/C10H16N4O2S2/c1-2-11-10-14-13-9(17-10)8(15)12-7-3-5-18(16)6-4-7/h7H,2-6H2,1H3,(H,11,14)(H,12,15). The Hall–Kier alpha value is -1.02. The van der Waals surface area contributed by atoms with Crippen molar-refractivity contribution in [2.45, 2.75) is 25.8 Å². The molecule has 1 aliphatic rings. The summed E-state index contributed by atoms with van der Waals surface area (Å²) in [7, 11) is -0.705. The largest absolute Gasteiger partial charge is 0.360 e. The predicted molar refractivity (Wildman–Crippen MR) is 72.4 cm³/mol. The van der Waals surface area contributed by atoms with Crippen molar-refractivity contribution in [1.82, 2.24) is 15.5 Å². The fraction of sp³-hybridized carbons (Fsp3) is 0.700. The van der Waals surface area contributed by atoms with Crippen LogP contribution in [0.5, 0.6) is 0 Å². The number of amides is 1. The maximum atomic E-state index is 11.9. The van der Waals surface area contributed by atoms with Crippen molar-refractivity contribution in [3.63, 3.8) is 0 Å². The maximum absolute atomic E-state index is 11.9. The average Bonchev–Trinajstić information content (AvgIpc) is 2.81. The molecule has 0 aliphatic carbocycles. The van der Waals surface area contributed by atoms with Crippen LogP contribution < -0.4 is 10.6 Å². The van der Waals surface area contributed by atoms with E-state index in [9.17, 15) is 9.00 Å². The van der Waals surface area contributed by atoms with Crippen LogP contribution in [0, 0.1) is 0 Å². The summed E-state index contributed by atoms with van der Waals surface area (Å²) in [5.41, 5.74) is 0. The predicted octanol–water partition coefficient (Wildman–Crippen LogP) is 0.611. The van der Waals surface area contributed by atoms with Crippen LogP contribution in [-0.4, -0.2) is 44.4 Å². The van der Waals surface area contributed by atoms with E-state index in [1.165, 1.54) is 11.3 Å². The van der Waals surface area contributed by atoms with Crippen molar-refractivity contribution in [3.8, 4) is 0 Å². The highest BCUT2D eigenvalue weighted by atomic mass is 32.2. The smallest absolute Gasteiger partial charge is 0.282 e. The first-order valence-electron chi connectivity index (χ1n) is 5.92. The molecule has 1 saturated heterocycles. The highest BCUT2D eigenvalue weighted by Gasteiger charge is 2.21. The second-order valence-electron chi connectivity index (χ2n) is 4.04. The second-order valence-corrected chi connectivity index (χ2v) is 6.71. The molecular weight excluding hydrogens is 272 g/mol. The summed E-state index contributed by atoms with van der Waals surface area (Å²) in [5, 5.41) is 14.7. The number of nitrogens with one attached hydrogen (secondary N) is 2. The van der Waals surface area contributed by atoms with Gasteiger partial charge in [0.1, 0.15) is 0 Å². The minimum absolute atomic E-state index is 0.113. The number of rotatable bonds is 4. The summed E-state index contributed by atoms with van der Waals surface area (Å²) in [6.45, 7) is 2.72. The third kappa shape index (κ3) is 3.49. The van der Waals surface area contributed by atoms with Gasteiger partial charge in [-0.1, -0.05) is 11.3 Å². The normalized spacial score (nSPS) is 23.6. The fourth-order valence-electron chi connectivity index (χ4n) is 1.72. The van der Waals surface area contributed by atoms with Gasteiger partial charge in [0.05, 0.1) is 0 Å². The van der Waals surface area contributed by atoms with Gasteiger partial charge in [-0.2, -0.15) is 0 Å². The van der Waals surface area contributed by atoms with Crippen molar-refractivity contribution >= 4 is 33.2 Å². The number of anilines is 1. The third-order valence-electron chi connectivity index (χ3n) is 2.67. The van der Waals surface area contributed by atoms with Gasteiger partial charge in [0.15, 0.2) is 0 Å². The molecule has 0 saturated carbocycles. The van der Waals surface area contributed by atoms with Gasteiger partial charge in [0.25, 0.3) is 5.91 Å². The first-order valence-corrected chi connectivity index (χ1v) is 8.22. The van der Waals surface area contributed by atoms with Crippen LogP contribution >= 0.6 is 11.3 Å². The van der Waals surface area contributed by atoms with Crippen molar-refractivity contribution in [3.05, 3.63) is 5.01 Å². The van der Waals surface area contributed by atoms with E-state index in [2.05, 4.69) is 20.8 Å². The van der Waals surface area contributed by atoms with E-state index in [0.29, 0.717) is 21.6 Å². The lowest BCUT2D eigenvalue weighted by Crippen LogP contribution is -2.39. The molecule has 0 atom stereocenters. The van der Waals surface area contributed by atoms with Crippen LogP contribution in [0.2, 0.25) is 0 Å². The molecule has 0 aromatic carbocycles. The minimum atomic E-state index is -0.705. The zero-order valence-corrected chi connectivity index (χ0v) is 11.8. The Morgan fingerprint density at radius 3 is 2.83 bits per heavy atom. The fourth-order valence-corrected chi connectivity index (χ4v) is 3.74. The molecule has 0 bridgehead atoms. The summed E-state index contributed by atoms with van der Waals surface area (Å²) in [5.74, 6) is 1.15. The molecular formula is C10H16N4O2S2. The number of carbonyl (C=O) groups excluding carboxylic acids is 1. The van der Waals surface area contributed by atoms with Gasteiger partial charge >= 0.3 is 0 Å². The lowest BCUT2D eigenvalue weighted by Gasteiger charge is -2.21. The second kappa shape index (κ2) is 6.24. The molecule has 2 rings (SSSR count). The Morgan fingerprint density at radius 2 is 2.17 bits per heavy atom. The summed E-state index contributed by atoms with van der Waals surface area (Å²) < 4.78 is 11.2. The zero-order valence-electron chi connectivity index (χ0n) is 10.1. The van der Waals surface area contributed by atoms with Crippen molar-refractivity contribution in [2.75, 3.05) is 23.4 Å². The molecule has 1 aromatic heterocycles. The molecule has 8 heteroatoms. The molecule has 2 N–H and O–H groups in total. The first kappa shape index (κ1) is 13.4. The number of carbonyl (C=O) groups is 1. The van der Waals surface area contributed by atoms with E-state index in [0.717, 1.165) is 19.4 Å². The lowest BCUT2D eigenvalue weighted by atomic mass is 10.1. The summed E-state index contributed by atoms with van der Waals surface area (Å²) in [6, 6.07) is 0.113. The molecule has 1 amide bonds. The zero-order chi connectivity index (χ0) is 13.0. The van der Waals surface area contributed by atoms with Crippen LogP contribution in [0.25, 0.3) is 0 Å². The van der Waals surface area contributed by atoms with Crippen LogP contribution in [0.3, 0.4) is 0 Å². The molecule has 1 fully saturated rings. The maximum Gasteiger partial charge on any atom is 0.282 e. The van der Waals surface area contributed by atoms with Crippen LogP contribution in [0.15, 0.2) is 0 Å². The van der Waals surface area contributed by atoms with Gasteiger partial charge in [-0.15, -0.1) is 10.2 Å². The Balaban J connectivity index is 1.88. The Morgan fingerprint density at radius 1 is 1.44 bits per heavy atom. The summed E-state index contributed by atoms with van der Waals surface area (Å²) in [6.07, 6.45) is 1.55. The molecule has 18 heavy (non-hydrogen) atoms. The molecule has 6 nitrogen and oxygen atoms in total. The third-order valence-corrected chi connectivity index (χ3v) is 4.93. The molecule has 100 valence electrons. The number of hydrogen-bond acceptors (Lipinski definition) is 6. The molecule has 1 aromatic rings. The van der Waals surface area contributed by atoms with Gasteiger partial charge in [-0.25, -0.2) is 0 Å². The molecule has 0 spiro atoms. The Labute approximate surface area is 112 Å². The number of aromatic nitrogens is 2. The lowest BCUT2D eigenvalue weighted by molar-refractivity contribution is 0.0933. The van der Waals surface area contributed by atoms with E-state index in [-0.39, 0.29) is 11.9 Å². The van der Waals surface area contributed by atoms with E-state index >= 15 is 0 Å². The molecule has 1 aliphatic heterocycles. The Kier molecular flexibility index (Phi) is 4.65.